The Balaban J connectivity index is 2.05. The Labute approximate surface area is 164 Å². The third-order valence-electron chi connectivity index (χ3n) is 3.79. The molecule has 0 unspecified atom stereocenters. The van der Waals surface area contributed by atoms with Crippen LogP contribution in [0.4, 0.5) is 0 Å². The Morgan fingerprint density at radius 3 is 2.35 bits per heavy atom. The van der Waals surface area contributed by atoms with Crippen molar-refractivity contribution in [1.29, 1.82) is 0 Å². The Bertz CT molecular complexity index is 765. The molecule has 0 bridgehead atoms. The van der Waals surface area contributed by atoms with Gasteiger partial charge in [-0.1, -0.05) is 35.3 Å². The third-order valence-corrected chi connectivity index (χ3v) is 4.53. The van der Waals surface area contributed by atoms with E-state index in [4.69, 9.17) is 32.7 Å². The Morgan fingerprint density at radius 1 is 1.00 bits per heavy atom. The molecule has 1 amide bonds. The second-order valence-corrected chi connectivity index (χ2v) is 6.60. The number of ether oxygens (including phenoxy) is 2. The van der Waals surface area contributed by atoms with E-state index in [2.05, 4.69) is 5.32 Å². The van der Waals surface area contributed by atoms with E-state index >= 15 is 0 Å². The van der Waals surface area contributed by atoms with Gasteiger partial charge in [-0.2, -0.15) is 0 Å². The molecule has 4 nitrogen and oxygen atoms in total. The second-order valence-electron chi connectivity index (χ2n) is 5.79. The Hall–Kier alpha value is -1.91. The molecule has 0 heterocycles. The zero-order chi connectivity index (χ0) is 19.1. The van der Waals surface area contributed by atoms with Gasteiger partial charge < -0.3 is 14.8 Å². The van der Waals surface area contributed by atoms with Crippen molar-refractivity contribution in [1.82, 2.24) is 5.32 Å². The summed E-state index contributed by atoms with van der Waals surface area (Å²) in [7, 11) is 0. The number of benzene rings is 2. The van der Waals surface area contributed by atoms with Gasteiger partial charge in [-0.05, 0) is 56.2 Å². The first-order chi connectivity index (χ1) is 12.4. The maximum absolute atomic E-state index is 12.3. The van der Waals surface area contributed by atoms with Crippen LogP contribution in [0.5, 0.6) is 11.5 Å². The number of nitrogens with one attached hydrogen (secondary N) is 1. The first-order valence-corrected chi connectivity index (χ1v) is 9.33. The normalized spacial score (nSPS) is 11.7. The lowest BCUT2D eigenvalue weighted by Gasteiger charge is -2.17. The molecule has 26 heavy (non-hydrogen) atoms. The van der Waals surface area contributed by atoms with Crippen molar-refractivity contribution in [2.45, 2.75) is 33.2 Å². The van der Waals surface area contributed by atoms with Gasteiger partial charge in [0.25, 0.3) is 0 Å². The summed E-state index contributed by atoms with van der Waals surface area (Å²) in [4.78, 5) is 12.3. The van der Waals surface area contributed by atoms with Gasteiger partial charge in [0.15, 0.2) is 11.5 Å². The average molecular weight is 396 g/mol. The summed E-state index contributed by atoms with van der Waals surface area (Å²) in [6, 6.07) is 10.7. The minimum atomic E-state index is -0.167. The molecule has 0 aliphatic heterocycles. The Kier molecular flexibility index (Phi) is 7.61. The van der Waals surface area contributed by atoms with Crippen molar-refractivity contribution >= 4 is 29.1 Å². The number of rotatable bonds is 8. The fourth-order valence-corrected chi connectivity index (χ4v) is 2.87. The highest BCUT2D eigenvalue weighted by atomic mass is 35.5. The monoisotopic (exact) mass is 395 g/mol. The first kappa shape index (κ1) is 20.4. The summed E-state index contributed by atoms with van der Waals surface area (Å²) < 4.78 is 11.2. The summed E-state index contributed by atoms with van der Waals surface area (Å²) in [5.41, 5.74) is 1.75. The van der Waals surface area contributed by atoms with Gasteiger partial charge in [0.2, 0.25) is 5.91 Å². The number of hydrogen-bond donors (Lipinski definition) is 1. The molecule has 0 aliphatic rings. The van der Waals surface area contributed by atoms with Crippen LogP contribution in [0.3, 0.4) is 0 Å². The fourth-order valence-electron chi connectivity index (χ4n) is 2.55. The molecular weight excluding hydrogens is 373 g/mol. The standard InChI is InChI=1S/C20H23Cl2NO3/c1-4-25-18-9-7-15(12-19(18)26-5-2)13(3)23-20(24)11-14-6-8-16(21)17(22)10-14/h6-10,12-13H,4-5,11H2,1-3H3,(H,23,24)/t13-/m0/s1. The predicted molar refractivity (Wildman–Crippen MR) is 106 cm³/mol. The summed E-state index contributed by atoms with van der Waals surface area (Å²) >= 11 is 11.9. The van der Waals surface area contributed by atoms with Crippen molar-refractivity contribution in [3.8, 4) is 11.5 Å². The quantitative estimate of drug-likeness (QED) is 0.666. The van der Waals surface area contributed by atoms with Crippen molar-refractivity contribution in [3.05, 3.63) is 57.6 Å². The lowest BCUT2D eigenvalue weighted by Crippen LogP contribution is -2.28. The van der Waals surface area contributed by atoms with Crippen molar-refractivity contribution < 1.29 is 14.3 Å². The van der Waals surface area contributed by atoms with Crippen molar-refractivity contribution in [2.75, 3.05) is 13.2 Å². The third kappa shape index (κ3) is 5.55. The maximum Gasteiger partial charge on any atom is 0.224 e. The summed E-state index contributed by atoms with van der Waals surface area (Å²) in [5, 5.41) is 3.90. The highest BCUT2D eigenvalue weighted by molar-refractivity contribution is 6.42. The lowest BCUT2D eigenvalue weighted by molar-refractivity contribution is -0.121. The molecule has 2 aromatic carbocycles. The maximum atomic E-state index is 12.3. The van der Waals surface area contributed by atoms with Crippen LogP contribution >= 0.6 is 23.2 Å². The van der Waals surface area contributed by atoms with E-state index in [1.54, 1.807) is 18.2 Å². The average Bonchev–Trinajstić information content (AvgIpc) is 2.60. The molecule has 0 radical (unpaired) electrons. The van der Waals surface area contributed by atoms with Gasteiger partial charge in [-0.3, -0.25) is 4.79 Å². The van der Waals surface area contributed by atoms with Crippen LogP contribution < -0.4 is 14.8 Å². The largest absolute Gasteiger partial charge is 0.490 e. The molecular formula is C20H23Cl2NO3. The van der Waals surface area contributed by atoms with Gasteiger partial charge in [-0.25, -0.2) is 0 Å². The predicted octanol–water partition coefficient (Wildman–Crippen LogP) is 5.21. The molecule has 0 aliphatic carbocycles. The molecule has 2 aromatic rings. The molecule has 0 fully saturated rings. The fraction of sp³-hybridized carbons (Fsp3) is 0.350. The first-order valence-electron chi connectivity index (χ1n) is 8.57. The summed E-state index contributed by atoms with van der Waals surface area (Å²) in [6.07, 6.45) is 0.233. The van der Waals surface area contributed by atoms with E-state index < -0.39 is 0 Å². The minimum Gasteiger partial charge on any atom is -0.490 e. The van der Waals surface area contributed by atoms with E-state index in [1.807, 2.05) is 39.0 Å². The van der Waals surface area contributed by atoms with Gasteiger partial charge >= 0.3 is 0 Å². The lowest BCUT2D eigenvalue weighted by atomic mass is 10.1. The van der Waals surface area contributed by atoms with E-state index in [0.717, 1.165) is 11.1 Å². The summed E-state index contributed by atoms with van der Waals surface area (Å²) in [6.45, 7) is 6.88. The number of halogens is 2. The van der Waals surface area contributed by atoms with Crippen molar-refractivity contribution in [3.63, 3.8) is 0 Å². The van der Waals surface area contributed by atoms with Crippen LogP contribution in [0, 0.1) is 0 Å². The minimum absolute atomic E-state index is 0.0947. The van der Waals surface area contributed by atoms with E-state index in [9.17, 15) is 4.79 Å². The van der Waals surface area contributed by atoms with Crippen LogP contribution in [0.25, 0.3) is 0 Å². The van der Waals surface area contributed by atoms with E-state index in [-0.39, 0.29) is 18.4 Å². The zero-order valence-electron chi connectivity index (χ0n) is 15.1. The highest BCUT2D eigenvalue weighted by Gasteiger charge is 2.14. The molecule has 140 valence electrons. The van der Waals surface area contributed by atoms with Crippen LogP contribution in [0.2, 0.25) is 10.0 Å². The number of carbonyl (C=O) groups excluding carboxylic acids is 1. The molecule has 0 saturated carbocycles. The van der Waals surface area contributed by atoms with Crippen LogP contribution in [-0.2, 0) is 11.2 Å². The zero-order valence-corrected chi connectivity index (χ0v) is 16.7. The number of amides is 1. The topological polar surface area (TPSA) is 47.6 Å². The molecule has 6 heteroatoms. The summed E-state index contributed by atoms with van der Waals surface area (Å²) in [5.74, 6) is 1.28. The smallest absolute Gasteiger partial charge is 0.224 e. The molecule has 0 spiro atoms. The van der Waals surface area contributed by atoms with Gasteiger partial charge in [-0.15, -0.1) is 0 Å². The van der Waals surface area contributed by atoms with Crippen LogP contribution in [-0.4, -0.2) is 19.1 Å². The van der Waals surface area contributed by atoms with Gasteiger partial charge in [0.1, 0.15) is 0 Å². The number of carbonyl (C=O) groups is 1. The van der Waals surface area contributed by atoms with E-state index in [0.29, 0.717) is 34.8 Å². The molecule has 1 atom stereocenters. The van der Waals surface area contributed by atoms with E-state index in [1.165, 1.54) is 0 Å². The van der Waals surface area contributed by atoms with Gasteiger partial charge in [0.05, 0.1) is 35.7 Å². The van der Waals surface area contributed by atoms with Crippen LogP contribution in [0.15, 0.2) is 36.4 Å². The molecule has 1 N–H and O–H groups in total. The molecule has 0 aromatic heterocycles. The highest BCUT2D eigenvalue weighted by Crippen LogP contribution is 2.30. The Morgan fingerprint density at radius 2 is 1.69 bits per heavy atom. The second kappa shape index (κ2) is 9.70. The van der Waals surface area contributed by atoms with Crippen LogP contribution in [0.1, 0.15) is 37.9 Å². The molecule has 2 rings (SSSR count). The molecule has 0 saturated heterocycles. The SMILES string of the molecule is CCOc1ccc([C@H](C)NC(=O)Cc2ccc(Cl)c(Cl)c2)cc1OCC. The van der Waals surface area contributed by atoms with Gasteiger partial charge in [0, 0.05) is 0 Å². The number of hydrogen-bond acceptors (Lipinski definition) is 3. The van der Waals surface area contributed by atoms with Crippen molar-refractivity contribution in [2.24, 2.45) is 0 Å².